The fourth-order valence-electron chi connectivity index (χ4n) is 3.65. The van der Waals surface area contributed by atoms with Crippen molar-refractivity contribution in [3.8, 4) is 0 Å². The van der Waals surface area contributed by atoms with Crippen LogP contribution in [0.25, 0.3) is 0 Å². The molecule has 0 amide bonds. The zero-order chi connectivity index (χ0) is 19.3. The maximum atomic E-state index is 12.7. The molecule has 3 aromatic rings. The van der Waals surface area contributed by atoms with E-state index in [1.165, 1.54) is 6.42 Å². The fourth-order valence-corrected chi connectivity index (χ4v) is 3.77. The van der Waals surface area contributed by atoms with Crippen LogP contribution in [-0.2, 0) is 26.1 Å². The van der Waals surface area contributed by atoms with Crippen LogP contribution < -0.4 is 9.88 Å². The third-order valence-electron chi connectivity index (χ3n) is 5.12. The maximum Gasteiger partial charge on any atom is 0.296 e. The van der Waals surface area contributed by atoms with Crippen molar-refractivity contribution in [2.75, 3.05) is 5.32 Å². The summed E-state index contributed by atoms with van der Waals surface area (Å²) in [7, 11) is 0. The second kappa shape index (κ2) is 10.0. The number of carbonyl (C=O) groups is 1. The number of anilines is 1. The van der Waals surface area contributed by atoms with Gasteiger partial charge >= 0.3 is 0 Å². The van der Waals surface area contributed by atoms with Gasteiger partial charge in [0.25, 0.3) is 5.82 Å². The van der Waals surface area contributed by atoms with Crippen LogP contribution in [0.2, 0.25) is 5.02 Å². The highest BCUT2D eigenvalue weighted by atomic mass is 79.9. The van der Waals surface area contributed by atoms with Gasteiger partial charge in [-0.15, -0.1) is 21.7 Å². The zero-order valence-electron chi connectivity index (χ0n) is 16.2. The van der Waals surface area contributed by atoms with Crippen molar-refractivity contribution in [2.45, 2.75) is 45.3 Å². The molecule has 2 heterocycles. The first kappa shape index (κ1) is 21.5. The number of hydrogen-bond acceptors (Lipinski definition) is 3. The lowest BCUT2D eigenvalue weighted by atomic mass is 10.1. The number of ketones is 1. The van der Waals surface area contributed by atoms with Gasteiger partial charge in [-0.1, -0.05) is 41.9 Å². The SMILES string of the molecule is Br.O=C(Cn1nc(CNc2ccc(Cl)cc2)[n+]2c1CCCCC2)c1ccccc1. The van der Waals surface area contributed by atoms with Gasteiger partial charge in [0, 0.05) is 27.8 Å². The molecule has 1 N–H and O–H groups in total. The van der Waals surface area contributed by atoms with Crippen molar-refractivity contribution in [3.05, 3.63) is 76.8 Å². The number of halogens is 2. The van der Waals surface area contributed by atoms with E-state index in [1.807, 2.05) is 59.3 Å². The quantitative estimate of drug-likeness (QED) is 0.417. The number of fused-ring (bicyclic) bond motifs is 1. The van der Waals surface area contributed by atoms with Crippen molar-refractivity contribution in [3.63, 3.8) is 0 Å². The number of rotatable bonds is 6. The molecule has 152 valence electrons. The second-order valence-corrected chi connectivity index (χ2v) is 7.54. The molecule has 29 heavy (non-hydrogen) atoms. The van der Waals surface area contributed by atoms with Gasteiger partial charge in [0.1, 0.15) is 6.54 Å². The van der Waals surface area contributed by atoms with E-state index in [1.54, 1.807) is 0 Å². The van der Waals surface area contributed by atoms with Crippen LogP contribution in [0.4, 0.5) is 5.69 Å². The van der Waals surface area contributed by atoms with Crippen LogP contribution in [0, 0.1) is 0 Å². The molecule has 0 bridgehead atoms. The Kier molecular flexibility index (Phi) is 7.45. The molecule has 0 atom stereocenters. The predicted octanol–water partition coefficient (Wildman–Crippen LogP) is 4.62. The number of nitrogens with zero attached hydrogens (tertiary/aromatic N) is 3. The van der Waals surface area contributed by atoms with Crippen molar-refractivity contribution < 1.29 is 9.36 Å². The van der Waals surface area contributed by atoms with Gasteiger partial charge in [-0.05, 0) is 43.5 Å². The number of benzene rings is 2. The predicted molar refractivity (Wildman–Crippen MR) is 120 cm³/mol. The summed E-state index contributed by atoms with van der Waals surface area (Å²) in [5.74, 6) is 2.20. The monoisotopic (exact) mass is 475 g/mol. The maximum absolute atomic E-state index is 12.7. The third kappa shape index (κ3) is 5.25. The molecule has 5 nitrogen and oxygen atoms in total. The van der Waals surface area contributed by atoms with Crippen LogP contribution >= 0.6 is 28.6 Å². The Hall–Kier alpha value is -2.18. The standard InChI is InChI=1S/C22H24ClN4O.BrH/c23-18-10-12-19(13-11-18)24-15-21-25-27(22-9-5-2-6-14-26(21)22)16-20(28)17-7-3-1-4-8-17;/h1,3-4,7-8,10-13,24H,2,5-6,9,14-16H2;1H/q+1;. The molecule has 0 saturated carbocycles. The molecular weight excluding hydrogens is 452 g/mol. The Labute approximate surface area is 186 Å². The van der Waals surface area contributed by atoms with Gasteiger partial charge in [-0.2, -0.15) is 0 Å². The molecule has 1 aliphatic rings. The lowest BCUT2D eigenvalue weighted by molar-refractivity contribution is -0.710. The minimum Gasteiger partial charge on any atom is -0.375 e. The van der Waals surface area contributed by atoms with E-state index in [-0.39, 0.29) is 29.3 Å². The van der Waals surface area contributed by atoms with Crippen molar-refractivity contribution in [1.29, 1.82) is 0 Å². The minimum absolute atomic E-state index is 0. The van der Waals surface area contributed by atoms with E-state index in [2.05, 4.69) is 9.88 Å². The zero-order valence-corrected chi connectivity index (χ0v) is 18.7. The molecule has 0 fully saturated rings. The Morgan fingerprint density at radius 1 is 1.07 bits per heavy atom. The average Bonchev–Trinajstić information content (AvgIpc) is 2.89. The van der Waals surface area contributed by atoms with Gasteiger partial charge in [0.2, 0.25) is 5.82 Å². The average molecular weight is 477 g/mol. The summed E-state index contributed by atoms with van der Waals surface area (Å²) in [5, 5.41) is 8.94. The van der Waals surface area contributed by atoms with Crippen LogP contribution in [0.5, 0.6) is 0 Å². The van der Waals surface area contributed by atoms with E-state index >= 15 is 0 Å². The molecule has 2 aromatic carbocycles. The Morgan fingerprint density at radius 3 is 2.59 bits per heavy atom. The van der Waals surface area contributed by atoms with Crippen molar-refractivity contribution >= 4 is 40.1 Å². The Morgan fingerprint density at radius 2 is 1.83 bits per heavy atom. The summed E-state index contributed by atoms with van der Waals surface area (Å²) in [4.78, 5) is 12.7. The molecule has 4 rings (SSSR count). The first-order valence-electron chi connectivity index (χ1n) is 9.77. The molecule has 0 unspecified atom stereocenters. The summed E-state index contributed by atoms with van der Waals surface area (Å²) >= 11 is 5.96. The van der Waals surface area contributed by atoms with Gasteiger partial charge in [-0.3, -0.25) is 4.79 Å². The summed E-state index contributed by atoms with van der Waals surface area (Å²) < 4.78 is 4.19. The third-order valence-corrected chi connectivity index (χ3v) is 5.38. The number of hydrogen-bond donors (Lipinski definition) is 1. The van der Waals surface area contributed by atoms with E-state index in [0.717, 1.165) is 53.7 Å². The highest BCUT2D eigenvalue weighted by Gasteiger charge is 2.28. The van der Waals surface area contributed by atoms with Gasteiger partial charge in [-0.25, -0.2) is 4.57 Å². The van der Waals surface area contributed by atoms with Crippen LogP contribution in [0.15, 0.2) is 54.6 Å². The van der Waals surface area contributed by atoms with Crippen LogP contribution in [0.3, 0.4) is 0 Å². The smallest absolute Gasteiger partial charge is 0.296 e. The molecular formula is C22H25BrClN4O+. The molecule has 7 heteroatoms. The van der Waals surface area contributed by atoms with E-state index < -0.39 is 0 Å². The molecule has 0 spiro atoms. The lowest BCUT2D eigenvalue weighted by Crippen LogP contribution is -2.41. The van der Waals surface area contributed by atoms with Gasteiger partial charge < -0.3 is 5.32 Å². The summed E-state index contributed by atoms with van der Waals surface area (Å²) in [5.41, 5.74) is 1.73. The topological polar surface area (TPSA) is 50.8 Å². The normalized spacial score (nSPS) is 13.1. The Balaban J connectivity index is 0.00000240. The van der Waals surface area contributed by atoms with E-state index in [0.29, 0.717) is 6.54 Å². The number of Topliss-reactive ketones (excluding diaryl/α,β-unsaturated/α-hetero) is 1. The number of nitrogens with one attached hydrogen (secondary N) is 1. The second-order valence-electron chi connectivity index (χ2n) is 7.10. The molecule has 1 aliphatic heterocycles. The Bertz CT molecular complexity index is 957. The summed E-state index contributed by atoms with van der Waals surface area (Å²) in [6.45, 7) is 1.84. The first-order valence-corrected chi connectivity index (χ1v) is 10.1. The minimum atomic E-state index is 0. The van der Waals surface area contributed by atoms with E-state index in [9.17, 15) is 4.79 Å². The first-order chi connectivity index (χ1) is 13.7. The summed E-state index contributed by atoms with van der Waals surface area (Å²) in [6, 6.07) is 17.1. The fraction of sp³-hybridized carbons (Fsp3) is 0.318. The van der Waals surface area contributed by atoms with Gasteiger partial charge in [0.05, 0.1) is 6.54 Å². The van der Waals surface area contributed by atoms with Crippen molar-refractivity contribution in [1.82, 2.24) is 9.78 Å². The van der Waals surface area contributed by atoms with Crippen LogP contribution in [0.1, 0.15) is 41.3 Å². The number of carbonyl (C=O) groups excluding carboxylic acids is 1. The van der Waals surface area contributed by atoms with Crippen LogP contribution in [-0.4, -0.2) is 15.6 Å². The highest BCUT2D eigenvalue weighted by molar-refractivity contribution is 8.93. The molecule has 0 aliphatic carbocycles. The highest BCUT2D eigenvalue weighted by Crippen LogP contribution is 2.15. The largest absolute Gasteiger partial charge is 0.375 e. The van der Waals surface area contributed by atoms with Crippen molar-refractivity contribution in [2.24, 2.45) is 0 Å². The van der Waals surface area contributed by atoms with Gasteiger partial charge in [0.15, 0.2) is 12.3 Å². The van der Waals surface area contributed by atoms with E-state index in [4.69, 9.17) is 16.7 Å². The number of aromatic nitrogens is 3. The molecule has 0 saturated heterocycles. The lowest BCUT2D eigenvalue weighted by Gasteiger charge is -2.04. The molecule has 1 aromatic heterocycles. The molecule has 0 radical (unpaired) electrons. The summed E-state index contributed by atoms with van der Waals surface area (Å²) in [6.07, 6.45) is 4.44.